The van der Waals surface area contributed by atoms with E-state index in [9.17, 15) is 4.79 Å². The van der Waals surface area contributed by atoms with Crippen LogP contribution in [0.4, 0.5) is 0 Å². The lowest BCUT2D eigenvalue weighted by Gasteiger charge is -2.11. The molecule has 0 N–H and O–H groups in total. The smallest absolute Gasteiger partial charge is 0.352 e. The maximum Gasteiger partial charge on any atom is 0.352 e. The van der Waals surface area contributed by atoms with Gasteiger partial charge in [-0.05, 0) is 24.9 Å². The van der Waals surface area contributed by atoms with E-state index in [1.54, 1.807) is 6.92 Å². The van der Waals surface area contributed by atoms with E-state index in [4.69, 9.17) is 9.15 Å². The summed E-state index contributed by atoms with van der Waals surface area (Å²) in [7, 11) is 0. The number of aromatic nitrogens is 3. The maximum atomic E-state index is 12.1. The number of aryl methyl sites for hydroxylation is 1. The molecule has 0 aliphatic carbocycles. The summed E-state index contributed by atoms with van der Waals surface area (Å²) in [5.74, 6) is 0.114. The van der Waals surface area contributed by atoms with E-state index in [-0.39, 0.29) is 6.10 Å². The zero-order valence-corrected chi connectivity index (χ0v) is 12.6. The summed E-state index contributed by atoms with van der Waals surface area (Å²) in [6.07, 6.45) is 4.31. The van der Waals surface area contributed by atoms with Crippen molar-refractivity contribution in [1.82, 2.24) is 14.6 Å². The topological polar surface area (TPSA) is 78.1 Å². The molecule has 2 rings (SSSR count). The number of rotatable bonds is 6. The molecule has 2 aromatic rings. The van der Waals surface area contributed by atoms with Crippen molar-refractivity contribution in [3.05, 3.63) is 17.0 Å². The lowest BCUT2D eigenvalue weighted by atomic mass is 10.2. The number of esters is 1. The van der Waals surface area contributed by atoms with Crippen LogP contribution in [0.15, 0.2) is 10.7 Å². The molecule has 0 saturated carbocycles. The van der Waals surface area contributed by atoms with Gasteiger partial charge in [-0.1, -0.05) is 24.3 Å². The molecule has 0 amide bonds. The van der Waals surface area contributed by atoms with Gasteiger partial charge >= 0.3 is 5.97 Å². The van der Waals surface area contributed by atoms with E-state index in [0.717, 1.165) is 30.8 Å². The summed E-state index contributed by atoms with van der Waals surface area (Å²) >= 11 is 1.01. The maximum absolute atomic E-state index is 12.1. The molecule has 0 aromatic carbocycles. The van der Waals surface area contributed by atoms with E-state index in [1.165, 1.54) is 6.26 Å². The third kappa shape index (κ3) is 3.41. The molecule has 7 heteroatoms. The van der Waals surface area contributed by atoms with Crippen molar-refractivity contribution in [1.29, 1.82) is 0 Å². The molecule has 6 nitrogen and oxygen atoms in total. The molecule has 0 radical (unpaired) electrons. The number of nitrogens with zero attached hydrogens (tertiary/aromatic N) is 3. The average Bonchev–Trinajstić information content (AvgIpc) is 3.04. The van der Waals surface area contributed by atoms with Gasteiger partial charge in [0, 0.05) is 6.92 Å². The number of oxazole rings is 1. The number of hydrogen-bond acceptors (Lipinski definition) is 7. The fraction of sp³-hybridized carbons (Fsp3) is 0.538. The molecular formula is C13H17N3O3S. The van der Waals surface area contributed by atoms with Crippen LogP contribution in [-0.2, 0) is 4.74 Å². The van der Waals surface area contributed by atoms with Gasteiger partial charge in [-0.25, -0.2) is 9.78 Å². The quantitative estimate of drug-likeness (QED) is 0.761. The van der Waals surface area contributed by atoms with Gasteiger partial charge in [0.15, 0.2) is 10.8 Å². The molecule has 0 aliphatic rings. The molecule has 0 spiro atoms. The fourth-order valence-electron chi connectivity index (χ4n) is 1.75. The van der Waals surface area contributed by atoms with E-state index < -0.39 is 5.97 Å². The minimum absolute atomic E-state index is 0.114. The Kier molecular flexibility index (Phi) is 4.84. The van der Waals surface area contributed by atoms with Gasteiger partial charge in [0.05, 0.1) is 6.10 Å². The second-order valence-electron chi connectivity index (χ2n) is 4.56. The van der Waals surface area contributed by atoms with Gasteiger partial charge in [0.25, 0.3) is 0 Å². The molecule has 2 aromatic heterocycles. The Bertz CT molecular complexity index is 579. The van der Waals surface area contributed by atoms with E-state index >= 15 is 0 Å². The van der Waals surface area contributed by atoms with Crippen molar-refractivity contribution >= 4 is 17.5 Å². The van der Waals surface area contributed by atoms with E-state index in [0.29, 0.717) is 22.2 Å². The van der Waals surface area contributed by atoms with Gasteiger partial charge in [0.1, 0.15) is 17.7 Å². The van der Waals surface area contributed by atoms with Crippen LogP contribution < -0.4 is 0 Å². The molecular weight excluding hydrogens is 278 g/mol. The Morgan fingerprint density at radius 2 is 2.35 bits per heavy atom. The number of unbranched alkanes of at least 4 members (excludes halogenated alkanes) is 1. The first-order valence-electron chi connectivity index (χ1n) is 6.57. The number of hydrogen-bond donors (Lipinski definition) is 0. The summed E-state index contributed by atoms with van der Waals surface area (Å²) in [6, 6.07) is 0. The first-order valence-corrected chi connectivity index (χ1v) is 7.35. The van der Waals surface area contributed by atoms with Crippen molar-refractivity contribution < 1.29 is 13.9 Å². The Morgan fingerprint density at radius 1 is 1.55 bits per heavy atom. The highest BCUT2D eigenvalue weighted by Crippen LogP contribution is 2.24. The lowest BCUT2D eigenvalue weighted by molar-refractivity contribution is 0.0327. The highest BCUT2D eigenvalue weighted by Gasteiger charge is 2.22. The van der Waals surface area contributed by atoms with Gasteiger partial charge in [-0.15, -0.1) is 5.10 Å². The lowest BCUT2D eigenvalue weighted by Crippen LogP contribution is -2.14. The predicted molar refractivity (Wildman–Crippen MR) is 74.5 cm³/mol. The van der Waals surface area contributed by atoms with Crippen LogP contribution in [0.2, 0.25) is 0 Å². The Labute approximate surface area is 121 Å². The van der Waals surface area contributed by atoms with Crippen molar-refractivity contribution in [2.45, 2.75) is 46.1 Å². The van der Waals surface area contributed by atoms with Crippen molar-refractivity contribution in [3.8, 4) is 11.4 Å². The van der Waals surface area contributed by atoms with Crippen LogP contribution in [0.25, 0.3) is 11.4 Å². The van der Waals surface area contributed by atoms with Gasteiger partial charge in [0.2, 0.25) is 0 Å². The minimum Gasteiger partial charge on any atom is -0.458 e. The minimum atomic E-state index is -0.403. The molecule has 0 saturated heterocycles. The van der Waals surface area contributed by atoms with E-state index in [1.807, 2.05) is 6.92 Å². The van der Waals surface area contributed by atoms with Crippen molar-refractivity contribution in [2.24, 2.45) is 0 Å². The monoisotopic (exact) mass is 295 g/mol. The molecule has 20 heavy (non-hydrogen) atoms. The molecule has 108 valence electrons. The summed E-state index contributed by atoms with van der Waals surface area (Å²) in [5, 5.41) is 3.94. The SMILES string of the molecule is CCCC[C@H](C)OC(=O)c1snnc1-c1coc(C)n1. The van der Waals surface area contributed by atoms with Crippen molar-refractivity contribution in [2.75, 3.05) is 0 Å². The van der Waals surface area contributed by atoms with Gasteiger partial charge in [-0.2, -0.15) is 0 Å². The van der Waals surface area contributed by atoms with Crippen molar-refractivity contribution in [3.63, 3.8) is 0 Å². The molecule has 0 fully saturated rings. The molecule has 0 bridgehead atoms. The normalized spacial score (nSPS) is 12.3. The van der Waals surface area contributed by atoms with Crippen LogP contribution in [0, 0.1) is 6.92 Å². The zero-order valence-electron chi connectivity index (χ0n) is 11.8. The summed E-state index contributed by atoms with van der Waals surface area (Å²) in [6.45, 7) is 5.72. The Hall–Kier alpha value is -1.76. The largest absolute Gasteiger partial charge is 0.458 e. The fourth-order valence-corrected chi connectivity index (χ4v) is 2.31. The molecule has 0 unspecified atom stereocenters. The molecule has 0 aliphatic heterocycles. The molecule has 1 atom stereocenters. The summed E-state index contributed by atoms with van der Waals surface area (Å²) in [4.78, 5) is 16.6. The summed E-state index contributed by atoms with van der Waals surface area (Å²) < 4.78 is 14.3. The molecule has 2 heterocycles. The number of ether oxygens (including phenoxy) is 1. The van der Waals surface area contributed by atoms with Crippen LogP contribution in [0.5, 0.6) is 0 Å². The third-order valence-corrected chi connectivity index (χ3v) is 3.51. The van der Waals surface area contributed by atoms with Gasteiger partial charge in [-0.3, -0.25) is 0 Å². The van der Waals surface area contributed by atoms with Crippen LogP contribution >= 0.6 is 11.5 Å². The van der Waals surface area contributed by atoms with Crippen LogP contribution in [0.3, 0.4) is 0 Å². The Morgan fingerprint density at radius 3 is 3.00 bits per heavy atom. The number of carbonyl (C=O) groups is 1. The first kappa shape index (κ1) is 14.6. The summed E-state index contributed by atoms with van der Waals surface area (Å²) in [5.41, 5.74) is 0.920. The number of carbonyl (C=O) groups excluding carboxylic acids is 1. The van der Waals surface area contributed by atoms with Crippen LogP contribution in [-0.4, -0.2) is 26.6 Å². The third-order valence-electron chi connectivity index (χ3n) is 2.81. The standard InChI is InChI=1S/C13H17N3O3S/c1-4-5-6-8(2)19-13(17)12-11(15-16-20-12)10-7-18-9(3)14-10/h7-8H,4-6H2,1-3H3/t8-/m0/s1. The Balaban J connectivity index is 2.10. The predicted octanol–water partition coefficient (Wildman–Crippen LogP) is 3.24. The first-order chi connectivity index (χ1) is 9.61. The van der Waals surface area contributed by atoms with E-state index in [2.05, 4.69) is 21.5 Å². The second-order valence-corrected chi connectivity index (χ2v) is 5.31. The van der Waals surface area contributed by atoms with Gasteiger partial charge < -0.3 is 9.15 Å². The van der Waals surface area contributed by atoms with Crippen LogP contribution in [0.1, 0.15) is 48.7 Å². The zero-order chi connectivity index (χ0) is 14.5. The average molecular weight is 295 g/mol. The highest BCUT2D eigenvalue weighted by molar-refractivity contribution is 7.08. The second kappa shape index (κ2) is 6.60. The highest BCUT2D eigenvalue weighted by atomic mass is 32.1.